The van der Waals surface area contributed by atoms with Crippen molar-refractivity contribution in [2.75, 3.05) is 108 Å². The van der Waals surface area contributed by atoms with Crippen LogP contribution in [0.1, 0.15) is 41.5 Å². The number of nitrogens with one attached hydrogen (secondary N) is 4. The minimum Gasteiger partial charge on any atom is -0.355 e. The lowest BCUT2D eigenvalue weighted by Crippen LogP contribution is -2.47. The fourth-order valence-electron chi connectivity index (χ4n) is 3.30. The normalized spacial score (nSPS) is 9.38. The van der Waals surface area contributed by atoms with Crippen molar-refractivity contribution in [3.63, 3.8) is 0 Å². The molecular weight excluding hydrogens is 696 g/mol. The highest BCUT2D eigenvalue weighted by molar-refractivity contribution is 5.91. The molecule has 0 bridgehead atoms. The molecule has 0 saturated carbocycles. The number of hydrogen-bond acceptors (Lipinski definition) is 11. The first kappa shape index (κ1) is 54.6. The molecule has 0 rings (SSSR count). The fraction of sp³-hybridized carbons (Fsp3) is 0.697. The van der Waals surface area contributed by atoms with Gasteiger partial charge in [0.1, 0.15) is 6.29 Å². The van der Waals surface area contributed by atoms with E-state index in [0.29, 0.717) is 31.7 Å². The van der Waals surface area contributed by atoms with Crippen LogP contribution in [0.2, 0.25) is 0 Å². The second-order valence-corrected chi connectivity index (χ2v) is 11.5. The Bertz CT molecular complexity index is 1140. The van der Waals surface area contributed by atoms with Crippen molar-refractivity contribution in [2.45, 2.75) is 47.6 Å². The Morgan fingerprint density at radius 3 is 1.19 bits per heavy atom. The second-order valence-electron chi connectivity index (χ2n) is 11.5. The summed E-state index contributed by atoms with van der Waals surface area (Å²) in [6.07, 6.45) is 1.58. The molecule has 20 heteroatoms. The average Bonchev–Trinajstić information content (AvgIpc) is 3.10. The van der Waals surface area contributed by atoms with Crippen molar-refractivity contribution in [3.05, 3.63) is 0 Å². The number of likely N-dealkylation sites (N-methyl/N-ethyl adjacent to an activating group) is 7. The van der Waals surface area contributed by atoms with Crippen LogP contribution >= 0.6 is 0 Å². The van der Waals surface area contributed by atoms with Crippen molar-refractivity contribution in [1.29, 1.82) is 0 Å². The predicted molar refractivity (Wildman–Crippen MR) is 199 cm³/mol. The van der Waals surface area contributed by atoms with Gasteiger partial charge in [0.05, 0.1) is 52.4 Å². The lowest BCUT2D eigenvalue weighted by molar-refractivity contribution is -0.140. The van der Waals surface area contributed by atoms with E-state index in [0.717, 1.165) is 21.2 Å². The van der Waals surface area contributed by atoms with Gasteiger partial charge in [0.2, 0.25) is 54.2 Å². The first-order valence-electron chi connectivity index (χ1n) is 17.0. The Hall–Kier alpha value is -5.14. The molecule has 306 valence electrons. The predicted octanol–water partition coefficient (Wildman–Crippen LogP) is -3.42. The summed E-state index contributed by atoms with van der Waals surface area (Å²) in [6.45, 7) is 12.2. The van der Waals surface area contributed by atoms with E-state index in [1.54, 1.807) is 6.92 Å². The third kappa shape index (κ3) is 32.5. The molecule has 0 atom stereocenters. The molecule has 0 heterocycles. The van der Waals surface area contributed by atoms with Gasteiger partial charge in [-0.2, -0.15) is 0 Å². The van der Waals surface area contributed by atoms with Gasteiger partial charge in [0, 0.05) is 54.9 Å². The minimum atomic E-state index is -0.559. The Morgan fingerprint density at radius 1 is 0.509 bits per heavy atom. The summed E-state index contributed by atoms with van der Waals surface area (Å²) in [5.74, 6) is -3.00. The van der Waals surface area contributed by atoms with E-state index in [4.69, 9.17) is 0 Å². The summed E-state index contributed by atoms with van der Waals surface area (Å²) in [6, 6.07) is 0.648. The highest BCUT2D eigenvalue weighted by atomic mass is 16.2. The van der Waals surface area contributed by atoms with Crippen LogP contribution in [-0.4, -0.2) is 204 Å². The highest BCUT2D eigenvalue weighted by Crippen LogP contribution is 1.92. The molecule has 0 saturated heterocycles. The van der Waals surface area contributed by atoms with Crippen molar-refractivity contribution >= 4 is 60.5 Å². The lowest BCUT2D eigenvalue weighted by atomic mass is 10.4. The molecule has 0 aromatic rings. The van der Waals surface area contributed by atoms with Crippen molar-refractivity contribution in [2.24, 2.45) is 0 Å². The first-order chi connectivity index (χ1) is 24.8. The van der Waals surface area contributed by atoms with E-state index in [-0.39, 0.29) is 64.2 Å². The zero-order valence-corrected chi connectivity index (χ0v) is 33.6. The smallest absolute Gasteiger partial charge is 0.242 e. The van der Waals surface area contributed by atoms with Crippen LogP contribution in [-0.2, 0) is 47.9 Å². The highest BCUT2D eigenvalue weighted by Gasteiger charge is 2.19. The van der Waals surface area contributed by atoms with Crippen LogP contribution in [0.4, 0.5) is 0 Å². The Morgan fingerprint density at radius 2 is 0.868 bits per heavy atom. The van der Waals surface area contributed by atoms with Crippen LogP contribution in [0.3, 0.4) is 0 Å². The molecule has 9 amide bonds. The van der Waals surface area contributed by atoms with Gasteiger partial charge in [-0.3, -0.25) is 43.2 Å². The van der Waals surface area contributed by atoms with Crippen LogP contribution in [0.15, 0.2) is 0 Å². The van der Waals surface area contributed by atoms with E-state index in [1.165, 1.54) is 57.0 Å². The van der Waals surface area contributed by atoms with Gasteiger partial charge in [-0.1, -0.05) is 34.6 Å². The van der Waals surface area contributed by atoms with Gasteiger partial charge in [0.15, 0.2) is 0 Å². The van der Waals surface area contributed by atoms with E-state index >= 15 is 0 Å². The fourth-order valence-corrected chi connectivity index (χ4v) is 3.30. The zero-order valence-electron chi connectivity index (χ0n) is 33.6. The Balaban J connectivity index is -0.000000416. The topological polar surface area (TPSA) is 238 Å². The molecule has 0 aliphatic carbocycles. The zero-order chi connectivity index (χ0) is 42.1. The number of amides is 9. The van der Waals surface area contributed by atoms with Gasteiger partial charge >= 0.3 is 0 Å². The summed E-state index contributed by atoms with van der Waals surface area (Å²) in [4.78, 5) is 120. The van der Waals surface area contributed by atoms with Gasteiger partial charge in [-0.25, -0.2) is 0 Å². The molecule has 0 unspecified atom stereocenters. The van der Waals surface area contributed by atoms with E-state index in [9.17, 15) is 47.9 Å². The molecule has 0 fully saturated rings. The largest absolute Gasteiger partial charge is 0.355 e. The number of hydrogen-bond donors (Lipinski definition) is 4. The first-order valence-corrected chi connectivity index (χ1v) is 17.0. The molecule has 0 aliphatic heterocycles. The quantitative estimate of drug-likeness (QED) is 0.0841. The maximum absolute atomic E-state index is 12.1. The third-order valence-corrected chi connectivity index (χ3v) is 6.15. The van der Waals surface area contributed by atoms with Crippen LogP contribution in [0, 0.1) is 0 Å². The van der Waals surface area contributed by atoms with Gasteiger partial charge in [-0.15, -0.1) is 0 Å². The standard InChI is InChI=1S/C17H30N6O6.C9H15N3O4.C5H13N.C2H6/c1-6-18-13(25)8-22(4)17(29)11-23(5)15(27)7-19-14(26)9-21(3)16(28)10-20(2)12-24;1-11(7-14)6-9(16)12(2)5-8(15)10-3-4-13;1-4-6-5(2)3;1-2/h12H,6-11H2,1-5H3,(H,18,25)(H,19,26);4,7H,3,5-6H2,1-2H3,(H,10,15);5-6H,4H2,1-3H3;1-2H3. The lowest BCUT2D eigenvalue weighted by Gasteiger charge is -2.22. The van der Waals surface area contributed by atoms with Gasteiger partial charge < -0.3 is 55.5 Å². The maximum atomic E-state index is 12.1. The van der Waals surface area contributed by atoms with Crippen molar-refractivity contribution in [1.82, 2.24) is 50.7 Å². The van der Waals surface area contributed by atoms with E-state index in [2.05, 4.69) is 42.0 Å². The molecule has 0 aromatic carbocycles. The molecule has 0 spiro atoms. The maximum Gasteiger partial charge on any atom is 0.242 e. The molecular formula is C33H64N10O10. The van der Waals surface area contributed by atoms with E-state index < -0.39 is 29.5 Å². The Kier molecular flexibility index (Phi) is 35.0. The van der Waals surface area contributed by atoms with Crippen LogP contribution in [0.5, 0.6) is 0 Å². The molecule has 4 N–H and O–H groups in total. The monoisotopic (exact) mass is 760 g/mol. The summed E-state index contributed by atoms with van der Waals surface area (Å²) >= 11 is 0. The average molecular weight is 761 g/mol. The summed E-state index contributed by atoms with van der Waals surface area (Å²) in [7, 11) is 8.59. The summed E-state index contributed by atoms with van der Waals surface area (Å²) in [5, 5.41) is 10.4. The SMILES string of the molecule is CC.CCNC(=O)CN(C)C(=O)CN(C)C(=O)CNC(=O)CN(C)C(=O)CN(C)C=O.CCNC(C)C.CN(C=O)CC(=O)N(C)CC(=O)NCC=O. The third-order valence-electron chi connectivity index (χ3n) is 6.15. The number of rotatable bonds is 21. The summed E-state index contributed by atoms with van der Waals surface area (Å²) in [5.41, 5.74) is 0. The molecule has 0 aromatic heterocycles. The molecule has 20 nitrogen and oxygen atoms in total. The number of carbonyl (C=O) groups is 10. The summed E-state index contributed by atoms with van der Waals surface area (Å²) < 4.78 is 0. The second kappa shape index (κ2) is 34.0. The minimum absolute atomic E-state index is 0.0743. The van der Waals surface area contributed by atoms with Crippen molar-refractivity contribution in [3.8, 4) is 0 Å². The van der Waals surface area contributed by atoms with Crippen LogP contribution < -0.4 is 21.3 Å². The number of aldehydes is 1. The molecule has 53 heavy (non-hydrogen) atoms. The molecule has 0 aliphatic rings. The van der Waals surface area contributed by atoms with Crippen molar-refractivity contribution < 1.29 is 47.9 Å². The van der Waals surface area contributed by atoms with Gasteiger partial charge in [0.25, 0.3) is 0 Å². The van der Waals surface area contributed by atoms with E-state index in [1.807, 2.05) is 13.8 Å². The number of nitrogens with zero attached hydrogens (tertiary/aromatic N) is 6. The molecule has 0 radical (unpaired) electrons. The van der Waals surface area contributed by atoms with Crippen LogP contribution in [0.25, 0.3) is 0 Å². The number of carbonyl (C=O) groups excluding carboxylic acids is 10. The van der Waals surface area contributed by atoms with Gasteiger partial charge in [-0.05, 0) is 13.5 Å². The Labute approximate surface area is 314 Å².